The molecule has 0 aromatic heterocycles. The zero-order valence-electron chi connectivity index (χ0n) is 9.28. The predicted octanol–water partition coefficient (Wildman–Crippen LogP) is 2.20. The molecule has 15 heavy (non-hydrogen) atoms. The van der Waals surface area contributed by atoms with Crippen molar-refractivity contribution in [2.45, 2.75) is 25.8 Å². The highest BCUT2D eigenvalue weighted by molar-refractivity contribution is 7.99. The molecule has 0 saturated heterocycles. The van der Waals surface area contributed by atoms with Crippen molar-refractivity contribution >= 4 is 11.8 Å². The third-order valence-corrected chi connectivity index (χ3v) is 3.56. The Morgan fingerprint density at radius 2 is 2.07 bits per heavy atom. The van der Waals surface area contributed by atoms with Crippen molar-refractivity contribution in [3.63, 3.8) is 0 Å². The van der Waals surface area contributed by atoms with Gasteiger partial charge in [-0.15, -0.1) is 0 Å². The fourth-order valence-corrected chi connectivity index (χ4v) is 2.39. The zero-order valence-corrected chi connectivity index (χ0v) is 10.1. The zero-order chi connectivity index (χ0) is 10.9. The maximum Gasteiger partial charge on any atom is 0.0341 e. The van der Waals surface area contributed by atoms with Gasteiger partial charge in [-0.1, -0.05) is 37.3 Å². The minimum atomic E-state index is 0.379. The summed E-state index contributed by atoms with van der Waals surface area (Å²) in [6.45, 7) is 2.20. The Balaban J connectivity index is 2.33. The minimum Gasteiger partial charge on any atom is -0.271 e. The van der Waals surface area contributed by atoms with E-state index in [1.807, 2.05) is 17.8 Å². The van der Waals surface area contributed by atoms with Crippen LogP contribution in [0.4, 0.5) is 0 Å². The summed E-state index contributed by atoms with van der Waals surface area (Å²) in [7, 11) is 0. The summed E-state index contributed by atoms with van der Waals surface area (Å²) in [5, 5.41) is 0. The van der Waals surface area contributed by atoms with E-state index in [1.165, 1.54) is 17.7 Å². The molecule has 2 nitrogen and oxygen atoms in total. The van der Waals surface area contributed by atoms with Crippen LogP contribution in [0.3, 0.4) is 0 Å². The van der Waals surface area contributed by atoms with E-state index in [1.54, 1.807) is 0 Å². The van der Waals surface area contributed by atoms with Gasteiger partial charge in [-0.05, 0) is 24.2 Å². The Hall–Kier alpha value is -0.510. The molecule has 84 valence electrons. The lowest BCUT2D eigenvalue weighted by Crippen LogP contribution is -2.38. The molecule has 1 aromatic carbocycles. The molecule has 0 aliphatic heterocycles. The summed E-state index contributed by atoms with van der Waals surface area (Å²) >= 11 is 1.96. The van der Waals surface area contributed by atoms with E-state index >= 15 is 0 Å². The van der Waals surface area contributed by atoms with E-state index < -0.39 is 0 Å². The fourth-order valence-electron chi connectivity index (χ4n) is 1.43. The van der Waals surface area contributed by atoms with E-state index in [0.717, 1.165) is 12.2 Å². The van der Waals surface area contributed by atoms with Gasteiger partial charge in [0.05, 0.1) is 0 Å². The Kier molecular flexibility index (Phi) is 6.48. The molecule has 1 unspecified atom stereocenters. The Morgan fingerprint density at radius 1 is 1.33 bits per heavy atom. The molecule has 1 aromatic rings. The largest absolute Gasteiger partial charge is 0.271 e. The van der Waals surface area contributed by atoms with Crippen molar-refractivity contribution in [2.75, 3.05) is 11.5 Å². The van der Waals surface area contributed by atoms with Crippen LogP contribution in [0, 0.1) is 0 Å². The summed E-state index contributed by atoms with van der Waals surface area (Å²) < 4.78 is 0. The maximum atomic E-state index is 5.54. The quantitative estimate of drug-likeness (QED) is 0.424. The molecule has 0 saturated carbocycles. The molecule has 0 heterocycles. The molecule has 0 aliphatic rings. The van der Waals surface area contributed by atoms with Crippen molar-refractivity contribution in [2.24, 2.45) is 5.84 Å². The highest BCUT2D eigenvalue weighted by Crippen LogP contribution is 2.09. The van der Waals surface area contributed by atoms with Crippen LogP contribution in [0.5, 0.6) is 0 Å². The van der Waals surface area contributed by atoms with Crippen LogP contribution in [0.2, 0.25) is 0 Å². The van der Waals surface area contributed by atoms with Crippen molar-refractivity contribution in [3.05, 3.63) is 35.9 Å². The third-order valence-electron chi connectivity index (χ3n) is 2.23. The van der Waals surface area contributed by atoms with Gasteiger partial charge in [-0.25, -0.2) is 0 Å². The van der Waals surface area contributed by atoms with Crippen LogP contribution in [0.25, 0.3) is 0 Å². The van der Waals surface area contributed by atoms with Crippen molar-refractivity contribution in [3.8, 4) is 0 Å². The number of hydrogen-bond acceptors (Lipinski definition) is 3. The molecule has 1 atom stereocenters. The third kappa shape index (κ3) is 5.21. The average Bonchev–Trinajstić information content (AvgIpc) is 2.29. The normalized spacial score (nSPS) is 12.7. The molecule has 0 spiro atoms. The van der Waals surface area contributed by atoms with Gasteiger partial charge >= 0.3 is 0 Å². The number of rotatable bonds is 7. The van der Waals surface area contributed by atoms with Crippen LogP contribution >= 0.6 is 11.8 Å². The van der Waals surface area contributed by atoms with Gasteiger partial charge in [0.1, 0.15) is 0 Å². The molecule has 0 aliphatic carbocycles. The average molecular weight is 224 g/mol. The van der Waals surface area contributed by atoms with Crippen molar-refractivity contribution in [1.29, 1.82) is 0 Å². The van der Waals surface area contributed by atoms with Crippen LogP contribution in [0.1, 0.15) is 18.9 Å². The van der Waals surface area contributed by atoms with Crippen LogP contribution < -0.4 is 11.3 Å². The SMILES string of the molecule is CCCSCC(Cc1ccccc1)NN. The first kappa shape index (κ1) is 12.6. The number of benzene rings is 1. The molecule has 0 bridgehead atoms. The van der Waals surface area contributed by atoms with Gasteiger partial charge in [-0.3, -0.25) is 11.3 Å². The minimum absolute atomic E-state index is 0.379. The summed E-state index contributed by atoms with van der Waals surface area (Å²) in [4.78, 5) is 0. The topological polar surface area (TPSA) is 38.0 Å². The van der Waals surface area contributed by atoms with Gasteiger partial charge < -0.3 is 0 Å². The lowest BCUT2D eigenvalue weighted by molar-refractivity contribution is 0.575. The smallest absolute Gasteiger partial charge is 0.0341 e. The molecule has 0 amide bonds. The molecule has 0 radical (unpaired) electrons. The standard InChI is InChI=1S/C12H20N2S/c1-2-8-15-10-12(14-13)9-11-6-4-3-5-7-11/h3-7,12,14H,2,8-10,13H2,1H3. The number of thioether (sulfide) groups is 1. The number of nitrogens with one attached hydrogen (secondary N) is 1. The van der Waals surface area contributed by atoms with Crippen molar-refractivity contribution in [1.82, 2.24) is 5.43 Å². The van der Waals surface area contributed by atoms with Crippen LogP contribution in [0.15, 0.2) is 30.3 Å². The summed E-state index contributed by atoms with van der Waals surface area (Å²) in [6, 6.07) is 10.9. The second kappa shape index (κ2) is 7.74. The molecular formula is C12H20N2S. The van der Waals surface area contributed by atoms with E-state index in [9.17, 15) is 0 Å². The summed E-state index contributed by atoms with van der Waals surface area (Å²) in [5.41, 5.74) is 4.23. The molecule has 3 heteroatoms. The van der Waals surface area contributed by atoms with Crippen LogP contribution in [-0.2, 0) is 6.42 Å². The van der Waals surface area contributed by atoms with Crippen LogP contribution in [-0.4, -0.2) is 17.5 Å². The Bertz CT molecular complexity index is 251. The molecule has 0 fully saturated rings. The maximum absolute atomic E-state index is 5.54. The highest BCUT2D eigenvalue weighted by Gasteiger charge is 2.06. The van der Waals surface area contributed by atoms with Gasteiger partial charge in [0.15, 0.2) is 0 Å². The van der Waals surface area contributed by atoms with E-state index in [2.05, 4.69) is 36.6 Å². The Labute approximate surface area is 96.6 Å². The first-order valence-electron chi connectivity index (χ1n) is 5.44. The number of nitrogens with two attached hydrogens (primary N) is 1. The van der Waals surface area contributed by atoms with Crippen molar-refractivity contribution < 1.29 is 0 Å². The van der Waals surface area contributed by atoms with E-state index in [-0.39, 0.29) is 0 Å². The monoisotopic (exact) mass is 224 g/mol. The molecular weight excluding hydrogens is 204 g/mol. The van der Waals surface area contributed by atoms with Gasteiger partial charge in [0.2, 0.25) is 0 Å². The van der Waals surface area contributed by atoms with E-state index in [4.69, 9.17) is 5.84 Å². The Morgan fingerprint density at radius 3 is 2.67 bits per heavy atom. The lowest BCUT2D eigenvalue weighted by Gasteiger charge is -2.15. The molecule has 1 rings (SSSR count). The predicted molar refractivity (Wildman–Crippen MR) is 68.9 cm³/mol. The lowest BCUT2D eigenvalue weighted by atomic mass is 10.1. The summed E-state index contributed by atoms with van der Waals surface area (Å²) in [5.74, 6) is 7.84. The second-order valence-corrected chi connectivity index (χ2v) is 4.78. The number of hydrazine groups is 1. The van der Waals surface area contributed by atoms with E-state index in [0.29, 0.717) is 6.04 Å². The highest BCUT2D eigenvalue weighted by atomic mass is 32.2. The first-order valence-corrected chi connectivity index (χ1v) is 6.60. The first-order chi connectivity index (χ1) is 7.36. The van der Waals surface area contributed by atoms with Gasteiger partial charge in [-0.2, -0.15) is 11.8 Å². The fraction of sp³-hybridized carbons (Fsp3) is 0.500. The number of hydrogen-bond donors (Lipinski definition) is 2. The van der Waals surface area contributed by atoms with Gasteiger partial charge in [0.25, 0.3) is 0 Å². The van der Waals surface area contributed by atoms with Gasteiger partial charge in [0, 0.05) is 11.8 Å². The summed E-state index contributed by atoms with van der Waals surface area (Å²) in [6.07, 6.45) is 2.24. The molecule has 3 N–H and O–H groups in total. The second-order valence-electron chi connectivity index (χ2n) is 3.63.